The number of carbonyl (C=O) groups excluding carboxylic acids is 1. The molecular formula is C22H16Cl2F2N4O3. The molecule has 0 fully saturated rings. The van der Waals surface area contributed by atoms with Crippen LogP contribution in [0.4, 0.5) is 14.6 Å². The number of rotatable bonds is 7. The molecule has 0 aliphatic carbocycles. The van der Waals surface area contributed by atoms with E-state index in [9.17, 15) is 13.6 Å². The lowest BCUT2D eigenvalue weighted by molar-refractivity contribution is 0.101. The molecule has 2 aromatic heterocycles. The summed E-state index contributed by atoms with van der Waals surface area (Å²) < 4.78 is 39.5. The summed E-state index contributed by atoms with van der Waals surface area (Å²) in [5.74, 6) is -0.874. The summed E-state index contributed by atoms with van der Waals surface area (Å²) in [5, 5.41) is 10.9. The van der Waals surface area contributed by atoms with Crippen molar-refractivity contribution in [1.82, 2.24) is 14.9 Å². The highest BCUT2D eigenvalue weighted by atomic mass is 35.5. The van der Waals surface area contributed by atoms with E-state index in [1.54, 1.807) is 19.1 Å². The van der Waals surface area contributed by atoms with Crippen LogP contribution in [-0.2, 0) is 13.2 Å². The van der Waals surface area contributed by atoms with E-state index < -0.39 is 17.5 Å². The highest BCUT2D eigenvalue weighted by Gasteiger charge is 2.22. The zero-order valence-corrected chi connectivity index (χ0v) is 18.6. The Labute approximate surface area is 196 Å². The Morgan fingerprint density at radius 1 is 1.15 bits per heavy atom. The second-order valence-corrected chi connectivity index (χ2v) is 7.80. The van der Waals surface area contributed by atoms with Crippen LogP contribution in [0.1, 0.15) is 27.4 Å². The topological polar surface area (TPSA) is 82.2 Å². The van der Waals surface area contributed by atoms with Gasteiger partial charge in [-0.25, -0.2) is 8.78 Å². The number of hydrogen-bond acceptors (Lipinski definition) is 5. The zero-order chi connectivity index (χ0) is 23.5. The van der Waals surface area contributed by atoms with Crippen molar-refractivity contribution >= 4 is 34.9 Å². The van der Waals surface area contributed by atoms with E-state index in [4.69, 9.17) is 32.5 Å². The van der Waals surface area contributed by atoms with E-state index in [2.05, 4.69) is 15.6 Å². The normalized spacial score (nSPS) is 10.9. The lowest BCUT2D eigenvalue weighted by Crippen LogP contribution is -2.16. The Balaban J connectivity index is 1.49. The Kier molecular flexibility index (Phi) is 6.62. The van der Waals surface area contributed by atoms with Crippen molar-refractivity contribution in [2.45, 2.75) is 20.1 Å². The maximum Gasteiger partial charge on any atom is 0.279 e. The fourth-order valence-electron chi connectivity index (χ4n) is 3.03. The summed E-state index contributed by atoms with van der Waals surface area (Å²) in [6.45, 7) is 1.56. The molecular weight excluding hydrogens is 477 g/mol. The van der Waals surface area contributed by atoms with E-state index in [1.807, 2.05) is 0 Å². The van der Waals surface area contributed by atoms with Crippen LogP contribution in [0, 0.1) is 18.6 Å². The first-order valence-electron chi connectivity index (χ1n) is 9.62. The number of amides is 1. The van der Waals surface area contributed by atoms with Crippen molar-refractivity contribution in [3.63, 3.8) is 0 Å². The van der Waals surface area contributed by atoms with Crippen molar-refractivity contribution in [2.24, 2.45) is 0 Å². The first kappa shape index (κ1) is 22.8. The molecule has 2 aromatic carbocycles. The predicted molar refractivity (Wildman–Crippen MR) is 118 cm³/mol. The molecule has 4 rings (SSSR count). The maximum atomic E-state index is 14.1. The molecule has 0 aliphatic rings. The van der Waals surface area contributed by atoms with Gasteiger partial charge < -0.3 is 14.6 Å². The Bertz CT molecular complexity index is 1300. The second-order valence-electron chi connectivity index (χ2n) is 6.99. The first-order valence-corrected chi connectivity index (χ1v) is 10.4. The van der Waals surface area contributed by atoms with Gasteiger partial charge in [0.15, 0.2) is 11.5 Å². The number of benzene rings is 2. The zero-order valence-electron chi connectivity index (χ0n) is 17.1. The number of aromatic nitrogens is 3. The standard InChI is InChI=1S/C22H16Cl2F2N4O3/c1-12-16(11-32-14-5-2-4-13(25)8-14)20(29-33-12)22(31)27-21-18(24)10-30(28-21)9-15-17(23)6-3-7-19(15)26/h2-8,10H,9,11H2,1H3,(H,27,28,31). The van der Waals surface area contributed by atoms with Gasteiger partial charge in [-0.2, -0.15) is 5.10 Å². The predicted octanol–water partition coefficient (Wildman–Crippen LogP) is 5.64. The lowest BCUT2D eigenvalue weighted by atomic mass is 10.2. The largest absolute Gasteiger partial charge is 0.489 e. The van der Waals surface area contributed by atoms with E-state index in [0.29, 0.717) is 11.3 Å². The van der Waals surface area contributed by atoms with Gasteiger partial charge in [0.1, 0.15) is 34.8 Å². The van der Waals surface area contributed by atoms with E-state index >= 15 is 0 Å². The number of nitrogens with one attached hydrogen (secondary N) is 1. The Morgan fingerprint density at radius 2 is 1.94 bits per heavy atom. The molecule has 0 saturated heterocycles. The smallest absolute Gasteiger partial charge is 0.279 e. The van der Waals surface area contributed by atoms with Gasteiger partial charge in [0, 0.05) is 22.8 Å². The summed E-state index contributed by atoms with van der Waals surface area (Å²) in [5.41, 5.74) is 0.581. The summed E-state index contributed by atoms with van der Waals surface area (Å²) in [7, 11) is 0. The second kappa shape index (κ2) is 9.60. The number of hydrogen-bond donors (Lipinski definition) is 1. The molecule has 0 spiro atoms. The molecule has 0 saturated carbocycles. The minimum atomic E-state index is -0.638. The lowest BCUT2D eigenvalue weighted by Gasteiger charge is -2.07. The van der Waals surface area contributed by atoms with Crippen LogP contribution >= 0.6 is 23.2 Å². The Morgan fingerprint density at radius 3 is 2.70 bits per heavy atom. The number of aryl methyl sites for hydroxylation is 1. The molecule has 33 heavy (non-hydrogen) atoms. The first-order chi connectivity index (χ1) is 15.8. The van der Waals surface area contributed by atoms with Crippen molar-refractivity contribution < 1.29 is 22.8 Å². The van der Waals surface area contributed by atoms with Gasteiger partial charge in [0.05, 0.1) is 12.1 Å². The number of carbonyl (C=O) groups is 1. The van der Waals surface area contributed by atoms with Gasteiger partial charge in [-0.1, -0.05) is 40.5 Å². The van der Waals surface area contributed by atoms with Gasteiger partial charge in [-0.15, -0.1) is 0 Å². The highest BCUT2D eigenvalue weighted by Crippen LogP contribution is 2.25. The molecule has 7 nitrogen and oxygen atoms in total. The van der Waals surface area contributed by atoms with Gasteiger partial charge in [-0.05, 0) is 31.2 Å². The molecule has 0 unspecified atom stereocenters. The average Bonchev–Trinajstić information content (AvgIpc) is 3.31. The average molecular weight is 493 g/mol. The minimum absolute atomic E-state index is 0.0108. The molecule has 0 aliphatic heterocycles. The number of nitrogens with zero attached hydrogens (tertiary/aromatic N) is 3. The van der Waals surface area contributed by atoms with Crippen molar-refractivity contribution in [3.8, 4) is 5.75 Å². The minimum Gasteiger partial charge on any atom is -0.489 e. The third kappa shape index (κ3) is 5.15. The fraction of sp³-hybridized carbons (Fsp3) is 0.136. The number of ether oxygens (including phenoxy) is 1. The highest BCUT2D eigenvalue weighted by molar-refractivity contribution is 6.33. The van der Waals surface area contributed by atoms with Crippen LogP contribution in [0.3, 0.4) is 0 Å². The third-order valence-corrected chi connectivity index (χ3v) is 5.34. The number of anilines is 1. The van der Waals surface area contributed by atoms with E-state index in [1.165, 1.54) is 41.2 Å². The summed E-state index contributed by atoms with van der Waals surface area (Å²) in [4.78, 5) is 12.8. The van der Waals surface area contributed by atoms with Crippen molar-refractivity contribution in [1.29, 1.82) is 0 Å². The molecule has 2 heterocycles. The third-order valence-electron chi connectivity index (χ3n) is 4.71. The Hall–Kier alpha value is -3.43. The molecule has 170 valence electrons. The van der Waals surface area contributed by atoms with Gasteiger partial charge >= 0.3 is 0 Å². The van der Waals surface area contributed by atoms with E-state index in [0.717, 1.165) is 0 Å². The van der Waals surface area contributed by atoms with Crippen molar-refractivity contribution in [2.75, 3.05) is 5.32 Å². The van der Waals surface area contributed by atoms with Crippen LogP contribution in [0.2, 0.25) is 10.0 Å². The van der Waals surface area contributed by atoms with Crippen LogP contribution in [-0.4, -0.2) is 20.8 Å². The quantitative estimate of drug-likeness (QED) is 0.360. The summed E-state index contributed by atoms with van der Waals surface area (Å²) in [6, 6.07) is 9.95. The van der Waals surface area contributed by atoms with Gasteiger partial charge in [-0.3, -0.25) is 9.48 Å². The van der Waals surface area contributed by atoms with E-state index in [-0.39, 0.29) is 46.0 Å². The monoisotopic (exact) mass is 492 g/mol. The van der Waals surface area contributed by atoms with Crippen LogP contribution < -0.4 is 10.1 Å². The number of halogens is 4. The molecule has 0 atom stereocenters. The van der Waals surface area contributed by atoms with Gasteiger partial charge in [0.2, 0.25) is 0 Å². The summed E-state index contributed by atoms with van der Waals surface area (Å²) in [6.07, 6.45) is 1.43. The van der Waals surface area contributed by atoms with Crippen LogP contribution in [0.5, 0.6) is 5.75 Å². The SMILES string of the molecule is Cc1onc(C(=O)Nc2nn(Cc3c(F)cccc3Cl)cc2Cl)c1COc1cccc(F)c1. The molecule has 4 aromatic rings. The maximum absolute atomic E-state index is 14.1. The molecule has 1 N–H and O–H groups in total. The fourth-order valence-corrected chi connectivity index (χ4v) is 3.45. The summed E-state index contributed by atoms with van der Waals surface area (Å²) >= 11 is 12.3. The molecule has 1 amide bonds. The molecule has 0 radical (unpaired) electrons. The van der Waals surface area contributed by atoms with Crippen LogP contribution in [0.15, 0.2) is 53.2 Å². The van der Waals surface area contributed by atoms with Crippen LogP contribution in [0.25, 0.3) is 0 Å². The van der Waals surface area contributed by atoms with Gasteiger partial charge in [0.25, 0.3) is 5.91 Å². The molecule has 11 heteroatoms. The van der Waals surface area contributed by atoms with Crippen molar-refractivity contribution in [3.05, 3.63) is 92.9 Å². The molecule has 0 bridgehead atoms.